The normalized spacial score (nSPS) is 15.4. The molecular weight excluding hydrogens is 331 g/mol. The third kappa shape index (κ3) is 2.83. The van der Waals surface area contributed by atoms with E-state index in [-0.39, 0.29) is 6.10 Å². The Morgan fingerprint density at radius 1 is 1.20 bits per heavy atom. The lowest BCUT2D eigenvalue weighted by Gasteiger charge is -2.27. The number of rotatable bonds is 3. The Morgan fingerprint density at radius 3 is 2.68 bits per heavy atom. The number of aryl methyl sites for hydroxylation is 1. The average Bonchev–Trinajstić information content (AvgIpc) is 2.87. The molecule has 4 rings (SSSR count). The molecule has 3 aromatic rings. The van der Waals surface area contributed by atoms with Crippen LogP contribution in [0.2, 0.25) is 0 Å². The number of pyridine rings is 1. The van der Waals surface area contributed by atoms with Crippen LogP contribution in [0, 0.1) is 0 Å². The van der Waals surface area contributed by atoms with E-state index in [1.54, 1.807) is 30.1 Å². The van der Waals surface area contributed by atoms with Gasteiger partial charge < -0.3 is 9.30 Å². The first-order valence-corrected chi connectivity index (χ1v) is 8.08. The van der Waals surface area contributed by atoms with E-state index in [0.29, 0.717) is 22.6 Å². The minimum Gasteiger partial charge on any atom is -0.488 e. The molecule has 0 amide bonds. The van der Waals surface area contributed by atoms with Crippen molar-refractivity contribution in [2.24, 2.45) is 7.05 Å². The molecule has 4 nitrogen and oxygen atoms in total. The predicted molar refractivity (Wildman–Crippen MR) is 87.2 cm³/mol. The van der Waals surface area contributed by atoms with Gasteiger partial charge in [-0.2, -0.15) is 13.2 Å². The summed E-state index contributed by atoms with van der Waals surface area (Å²) in [5, 5.41) is 0. The number of imidazole rings is 1. The monoisotopic (exact) mass is 347 g/mol. The summed E-state index contributed by atoms with van der Waals surface area (Å²) < 4.78 is 46.6. The van der Waals surface area contributed by atoms with Crippen molar-refractivity contribution in [3.8, 4) is 17.1 Å². The van der Waals surface area contributed by atoms with Crippen LogP contribution in [0.3, 0.4) is 0 Å². The van der Waals surface area contributed by atoms with Gasteiger partial charge in [0.2, 0.25) is 0 Å². The lowest BCUT2D eigenvalue weighted by Crippen LogP contribution is -2.24. The second kappa shape index (κ2) is 5.75. The van der Waals surface area contributed by atoms with E-state index in [9.17, 15) is 13.2 Å². The molecule has 0 atom stereocenters. The maximum atomic E-state index is 12.9. The van der Waals surface area contributed by atoms with Crippen molar-refractivity contribution in [1.82, 2.24) is 14.5 Å². The van der Waals surface area contributed by atoms with Crippen molar-refractivity contribution in [3.05, 3.63) is 42.2 Å². The zero-order valence-electron chi connectivity index (χ0n) is 13.5. The van der Waals surface area contributed by atoms with Crippen LogP contribution in [-0.2, 0) is 13.2 Å². The quantitative estimate of drug-likeness (QED) is 0.696. The number of ether oxygens (including phenoxy) is 1. The van der Waals surface area contributed by atoms with Crippen LogP contribution in [0.15, 0.2) is 36.7 Å². The Morgan fingerprint density at radius 2 is 2.00 bits per heavy atom. The summed E-state index contributed by atoms with van der Waals surface area (Å²) in [4.78, 5) is 8.53. The molecule has 0 radical (unpaired) electrons. The Bertz CT molecular complexity index is 929. The minimum absolute atomic E-state index is 0.175. The number of nitrogens with zero attached hydrogens (tertiary/aromatic N) is 3. The molecule has 1 aliphatic carbocycles. The smallest absolute Gasteiger partial charge is 0.416 e. The van der Waals surface area contributed by atoms with Gasteiger partial charge in [0.25, 0.3) is 0 Å². The minimum atomic E-state index is -4.39. The van der Waals surface area contributed by atoms with Crippen LogP contribution in [-0.4, -0.2) is 20.6 Å². The maximum Gasteiger partial charge on any atom is 0.416 e. The van der Waals surface area contributed by atoms with Gasteiger partial charge in [0.15, 0.2) is 0 Å². The van der Waals surface area contributed by atoms with E-state index >= 15 is 0 Å². The molecule has 0 saturated heterocycles. The first-order valence-electron chi connectivity index (χ1n) is 8.08. The fraction of sp³-hybridized carbons (Fsp3) is 0.333. The van der Waals surface area contributed by atoms with E-state index in [1.807, 2.05) is 0 Å². The van der Waals surface area contributed by atoms with Gasteiger partial charge in [-0.05, 0) is 43.5 Å². The summed E-state index contributed by atoms with van der Waals surface area (Å²) >= 11 is 0. The summed E-state index contributed by atoms with van der Waals surface area (Å²) in [5.41, 5.74) is 0.965. The first kappa shape index (κ1) is 15.9. The molecular formula is C18H16F3N3O. The number of alkyl halides is 3. The molecule has 1 aliphatic rings. The summed E-state index contributed by atoms with van der Waals surface area (Å²) in [6.07, 6.45) is 2.21. The van der Waals surface area contributed by atoms with E-state index < -0.39 is 11.7 Å². The predicted octanol–water partition coefficient (Wildman–Crippen LogP) is 4.59. The Kier molecular flexibility index (Phi) is 3.67. The molecule has 0 aliphatic heterocycles. The number of benzene rings is 1. The molecule has 0 N–H and O–H groups in total. The van der Waals surface area contributed by atoms with Crippen molar-refractivity contribution in [2.75, 3.05) is 0 Å². The maximum absolute atomic E-state index is 12.9. The third-order valence-electron chi connectivity index (χ3n) is 4.58. The highest BCUT2D eigenvalue weighted by Gasteiger charge is 2.31. The van der Waals surface area contributed by atoms with Gasteiger partial charge in [-0.1, -0.05) is 0 Å². The summed E-state index contributed by atoms with van der Waals surface area (Å²) in [5.74, 6) is 1.17. The number of fused-ring (bicyclic) bond motifs is 1. The lowest BCUT2D eigenvalue weighted by atomic mass is 9.96. The Labute approximate surface area is 142 Å². The van der Waals surface area contributed by atoms with Gasteiger partial charge in [-0.3, -0.25) is 4.98 Å². The molecule has 1 saturated carbocycles. The summed E-state index contributed by atoms with van der Waals surface area (Å²) in [7, 11) is 1.78. The Hall–Kier alpha value is -2.57. The van der Waals surface area contributed by atoms with Crippen LogP contribution in [0.5, 0.6) is 5.75 Å². The molecule has 0 unspecified atom stereocenters. The fourth-order valence-electron chi connectivity index (χ4n) is 2.94. The fourth-order valence-corrected chi connectivity index (χ4v) is 2.94. The van der Waals surface area contributed by atoms with Gasteiger partial charge in [-0.25, -0.2) is 4.98 Å². The number of hydrogen-bond acceptors (Lipinski definition) is 3. The zero-order chi connectivity index (χ0) is 17.6. The molecule has 1 fully saturated rings. The molecule has 130 valence electrons. The standard InChI is InChI=1S/C18H16F3N3O/c1-24-15-6-5-11(18(19,20)21)9-14(15)23-17(24)13-7-8-22-10-16(13)25-12-3-2-4-12/h5-10,12H,2-4H2,1H3. The number of aromatic nitrogens is 3. The van der Waals surface area contributed by atoms with Gasteiger partial charge >= 0.3 is 6.18 Å². The molecule has 7 heteroatoms. The van der Waals surface area contributed by atoms with Crippen molar-refractivity contribution >= 4 is 11.0 Å². The largest absolute Gasteiger partial charge is 0.488 e. The first-order chi connectivity index (χ1) is 11.9. The second-order valence-corrected chi connectivity index (χ2v) is 6.24. The van der Waals surface area contributed by atoms with Crippen molar-refractivity contribution in [2.45, 2.75) is 31.5 Å². The number of halogens is 3. The van der Waals surface area contributed by atoms with Crippen LogP contribution >= 0.6 is 0 Å². The van der Waals surface area contributed by atoms with Crippen molar-refractivity contribution < 1.29 is 17.9 Å². The van der Waals surface area contributed by atoms with Gasteiger partial charge in [0.05, 0.1) is 34.5 Å². The van der Waals surface area contributed by atoms with Gasteiger partial charge in [-0.15, -0.1) is 0 Å². The molecule has 1 aromatic carbocycles. The van der Waals surface area contributed by atoms with Crippen LogP contribution in [0.4, 0.5) is 13.2 Å². The summed E-state index contributed by atoms with van der Waals surface area (Å²) in [6, 6.07) is 5.38. The molecule has 2 heterocycles. The lowest BCUT2D eigenvalue weighted by molar-refractivity contribution is -0.137. The van der Waals surface area contributed by atoms with E-state index in [4.69, 9.17) is 4.74 Å². The second-order valence-electron chi connectivity index (χ2n) is 6.24. The van der Waals surface area contributed by atoms with Gasteiger partial charge in [0.1, 0.15) is 11.6 Å². The molecule has 25 heavy (non-hydrogen) atoms. The van der Waals surface area contributed by atoms with Crippen LogP contribution < -0.4 is 4.74 Å². The highest BCUT2D eigenvalue weighted by molar-refractivity contribution is 5.82. The van der Waals surface area contributed by atoms with E-state index in [2.05, 4.69) is 9.97 Å². The molecule has 0 bridgehead atoms. The highest BCUT2D eigenvalue weighted by atomic mass is 19.4. The highest BCUT2D eigenvalue weighted by Crippen LogP contribution is 2.36. The van der Waals surface area contributed by atoms with Crippen LogP contribution in [0.25, 0.3) is 22.4 Å². The van der Waals surface area contributed by atoms with E-state index in [1.165, 1.54) is 6.07 Å². The molecule has 2 aromatic heterocycles. The van der Waals surface area contributed by atoms with Crippen LogP contribution in [0.1, 0.15) is 24.8 Å². The van der Waals surface area contributed by atoms with E-state index in [0.717, 1.165) is 37.0 Å². The van der Waals surface area contributed by atoms with Crippen molar-refractivity contribution in [1.29, 1.82) is 0 Å². The van der Waals surface area contributed by atoms with Gasteiger partial charge in [0, 0.05) is 13.2 Å². The average molecular weight is 347 g/mol. The van der Waals surface area contributed by atoms with Crippen molar-refractivity contribution in [3.63, 3.8) is 0 Å². The third-order valence-corrected chi connectivity index (χ3v) is 4.58. The number of hydrogen-bond donors (Lipinski definition) is 0. The zero-order valence-corrected chi connectivity index (χ0v) is 13.5. The molecule has 0 spiro atoms. The Balaban J connectivity index is 1.80. The summed E-state index contributed by atoms with van der Waals surface area (Å²) in [6.45, 7) is 0. The SMILES string of the molecule is Cn1c(-c2ccncc2OC2CCC2)nc2cc(C(F)(F)F)ccc21. The topological polar surface area (TPSA) is 39.9 Å².